The Labute approximate surface area is 849 Å². The van der Waals surface area contributed by atoms with Crippen LogP contribution in [0.2, 0.25) is 0 Å². The number of aryl methyl sites for hydroxylation is 1. The van der Waals surface area contributed by atoms with Crippen LogP contribution >= 0.6 is 56.7 Å². The Morgan fingerprint density at radius 2 is 0.621 bits per heavy atom. The van der Waals surface area contributed by atoms with Gasteiger partial charge in [-0.2, -0.15) is 52.7 Å². The maximum atomic E-state index is 12.7. The number of aliphatic hydroxyl groups excluding tert-OH is 2. The minimum Gasteiger partial charge on any atom is -0.508 e. The average Bonchev–Trinajstić information content (AvgIpc) is 1.82. The van der Waals surface area contributed by atoms with Crippen LogP contribution in [0.5, 0.6) is 17.2 Å². The van der Waals surface area contributed by atoms with Gasteiger partial charge in [-0.3, -0.25) is 24.5 Å². The molecule has 20 rings (SSSR count). The lowest BCUT2D eigenvalue weighted by Gasteiger charge is -2.33. The van der Waals surface area contributed by atoms with E-state index >= 15 is 0 Å². The summed E-state index contributed by atoms with van der Waals surface area (Å²) in [4.78, 5) is 59.6. The molecule has 0 saturated carbocycles. The zero-order valence-electron chi connectivity index (χ0n) is 79.4. The van der Waals surface area contributed by atoms with E-state index in [-0.39, 0.29) is 68.4 Å². The molecule has 5 aliphatic heterocycles. The second kappa shape index (κ2) is 48.8. The van der Waals surface area contributed by atoms with Gasteiger partial charge in [0, 0.05) is 175 Å². The van der Waals surface area contributed by atoms with Gasteiger partial charge in [0.2, 0.25) is 0 Å². The number of anilines is 6. The van der Waals surface area contributed by atoms with E-state index < -0.39 is 50.4 Å². The molecule has 15 heterocycles. The first kappa shape index (κ1) is 106. The number of para-hydroxylation sites is 2. The minimum atomic E-state index is -4.25. The molecule has 145 heavy (non-hydrogen) atoms. The van der Waals surface area contributed by atoms with Gasteiger partial charge in [0.1, 0.15) is 102 Å². The Bertz CT molecular complexity index is 6560. The molecule has 0 atom stereocenters. The molecule has 15 aromatic rings. The zero-order chi connectivity index (χ0) is 102. The Morgan fingerprint density at radius 1 is 0.317 bits per heavy atom. The number of nitrogens with two attached hydrogens (primary N) is 1. The number of rotatable bonds is 27. The molecule has 10 aromatic heterocycles. The fourth-order valence-electron chi connectivity index (χ4n) is 18.7. The third kappa shape index (κ3) is 30.1. The number of nitrogens with zero attached hydrogens (tertiary/aromatic N) is 15. The molecule has 0 unspecified atom stereocenters. The Morgan fingerprint density at radius 3 is 0.979 bits per heavy atom. The molecule has 5 fully saturated rings. The number of aliphatic hydroxyl groups is 2. The number of hydrogen-bond acceptors (Lipinski definition) is 31. The minimum absolute atomic E-state index is 0.0366. The van der Waals surface area contributed by atoms with Gasteiger partial charge in [0.05, 0.1) is 65.8 Å². The highest BCUT2D eigenvalue weighted by Gasteiger charge is 2.36. The summed E-state index contributed by atoms with van der Waals surface area (Å²) in [5.41, 5.74) is 13.9. The van der Waals surface area contributed by atoms with E-state index in [2.05, 4.69) is 138 Å². The molecule has 5 saturated heterocycles. The monoisotopic (exact) mass is 2100 g/mol. The number of halogens is 12. The Balaban J connectivity index is 0.000000130. The van der Waals surface area contributed by atoms with Crippen molar-refractivity contribution in [1.82, 2.24) is 74.3 Å². The molecule has 12 N–H and O–H groups in total. The summed E-state index contributed by atoms with van der Waals surface area (Å²) < 4.78 is 152. The molecule has 0 radical (unpaired) electrons. The van der Waals surface area contributed by atoms with Gasteiger partial charge in [-0.25, -0.2) is 49.8 Å². The number of likely N-dealkylation sites (tertiary alicyclic amines) is 5. The zero-order valence-corrected chi connectivity index (χ0v) is 83.4. The van der Waals surface area contributed by atoms with E-state index in [0.29, 0.717) is 94.6 Å². The topological polar surface area (TPSA) is 332 Å². The van der Waals surface area contributed by atoms with E-state index in [0.717, 1.165) is 251 Å². The van der Waals surface area contributed by atoms with Gasteiger partial charge in [0.15, 0.2) is 0 Å². The highest BCUT2D eigenvalue weighted by Crippen LogP contribution is 2.42. The van der Waals surface area contributed by atoms with E-state index in [4.69, 9.17) is 5.73 Å². The van der Waals surface area contributed by atoms with E-state index in [1.807, 2.05) is 66.7 Å². The smallest absolute Gasteiger partial charge is 0.393 e. The van der Waals surface area contributed by atoms with Gasteiger partial charge < -0.3 is 57.9 Å². The maximum absolute atomic E-state index is 12.7. The number of thiophene rings is 5. The van der Waals surface area contributed by atoms with Crippen molar-refractivity contribution in [2.45, 2.75) is 204 Å². The number of fused-ring (bicyclic) bond motifs is 5. The predicted octanol–water partition coefficient (Wildman–Crippen LogP) is 21.5. The Kier molecular flexibility index (Phi) is 35.7. The van der Waals surface area contributed by atoms with Crippen molar-refractivity contribution in [3.63, 3.8) is 0 Å². The maximum Gasteiger partial charge on any atom is 0.393 e. The van der Waals surface area contributed by atoms with Crippen LogP contribution in [0.3, 0.4) is 0 Å². The van der Waals surface area contributed by atoms with Gasteiger partial charge >= 0.3 is 24.7 Å². The summed E-state index contributed by atoms with van der Waals surface area (Å²) >= 11 is 5.90. The highest BCUT2D eigenvalue weighted by atomic mass is 32.1. The molecule has 0 amide bonds. The van der Waals surface area contributed by atoms with Crippen LogP contribution in [0, 0.1) is 0 Å². The molecule has 26 nitrogen and oxygen atoms in total. The molecule has 0 spiro atoms. The lowest BCUT2D eigenvalue weighted by atomic mass is 10.0. The molecule has 43 heteroatoms. The molecule has 770 valence electrons. The third-order valence-corrected chi connectivity index (χ3v) is 31.5. The summed E-state index contributed by atoms with van der Waals surface area (Å²) in [6.45, 7) is 15.0. The van der Waals surface area contributed by atoms with Crippen molar-refractivity contribution < 1.29 is 78.2 Å². The largest absolute Gasteiger partial charge is 0.508 e. The van der Waals surface area contributed by atoms with Crippen molar-refractivity contribution in [1.29, 1.82) is 0 Å². The lowest BCUT2D eigenvalue weighted by Crippen LogP contribution is -2.39. The van der Waals surface area contributed by atoms with E-state index in [1.165, 1.54) is 41.8 Å². The second-order valence-electron chi connectivity index (χ2n) is 36.7. The molecule has 0 bridgehead atoms. The number of hydrogen-bond donors (Lipinski definition) is 11. The molecule has 5 aromatic carbocycles. The molecular weight excluding hydrogens is 1990 g/mol. The molecular formula is C102H113F12N21O5S5. The lowest BCUT2D eigenvalue weighted by molar-refractivity contribution is -0.127. The third-order valence-electron chi connectivity index (χ3n) is 26.1. The SMILES string of the molecule is CCc1sc2ncnc(NC3CCN(Cc4ccccc4)CC3)c2c1CO.Nc1ccccc1CN1CCC(Nc2ncnc3sc(CC(F)(F)F)cc23)CC1.OCc1ccccc1CN1CCC(Nc2ncnc3sc(CC(F)(F)F)cc23)CC1.Oc1cccc(O)c1CN1CCC(Nc2ncnc3sc(CC(F)(F)F)cc23)CC1.Oc1ccccc1CN1CCC(Nc2ncnc3sc(CC(F)(F)F)cc23)CC1. The van der Waals surface area contributed by atoms with Gasteiger partial charge in [-0.1, -0.05) is 104 Å². The van der Waals surface area contributed by atoms with Crippen LogP contribution in [0.15, 0.2) is 177 Å². The summed E-state index contributed by atoms with van der Waals surface area (Å²) in [5.74, 6) is 3.71. The van der Waals surface area contributed by atoms with Gasteiger partial charge in [-0.15, -0.1) is 56.7 Å². The molecule has 0 aliphatic carbocycles. The van der Waals surface area contributed by atoms with Crippen molar-refractivity contribution >= 4 is 143 Å². The highest BCUT2D eigenvalue weighted by molar-refractivity contribution is 7.20. The number of phenols is 3. The summed E-state index contributed by atoms with van der Waals surface area (Å²) in [6, 6.07) is 45.8. The van der Waals surface area contributed by atoms with Crippen molar-refractivity contribution in [3.8, 4) is 17.2 Å². The van der Waals surface area contributed by atoms with Crippen molar-refractivity contribution in [3.05, 3.63) is 241 Å². The van der Waals surface area contributed by atoms with Crippen LogP contribution in [-0.2, 0) is 78.0 Å². The standard InChI is InChI=1S/C21H23F3N4OS.C21H26N4OS.C20H22F3N5S.C20H21F3N4O2S.C20H21F3N4OS/c22-21(23,24)10-17-9-18-19(25-13-26-20(18)30-17)27-16-5-7-28(8-6-16)11-14-3-1-2-4-15(14)12-29;1-2-18-17(13-26)19-20(22-14-23-21(19)27-18)24-16-8-10-25(11-9-16)12-15-6-4-3-5-7-15;21-20(22,23)10-15-9-16-18(25-12-26-19(16)29-15)27-14-5-7-28(8-6-14)11-13-3-1-2-4-17(13)24;21-20(22,23)9-13-8-14-18(24-11-25-19(14)30-13)26-12-4-6-27(7-5-12)10-15-16(28)2-1-3-17(15)29;21-20(22,23)10-15-9-16-18(24-12-25-19(16)29-15)26-14-5-7-27(8-6-14)11-13-3-1-2-4-17(13)28/h1-4,9,13,16,29H,5-8,10-12H2,(H,25,26,27);3-7,14,16,26H,2,8-13H2,1H3,(H,22,23,24);1-4,9,12,14H,5-8,10-11,24H2,(H,25,26,27);1-3,8,11-12,28-29H,4-7,9-10H2,(H,24,25,26);1-4,9,12,14,28H,5-8,10-11H2,(H,24,25,26). The summed E-state index contributed by atoms with van der Waals surface area (Å²) in [6.07, 6.45) is -3.37. The van der Waals surface area contributed by atoms with Crippen molar-refractivity contribution in [2.24, 2.45) is 0 Å². The first-order valence-electron chi connectivity index (χ1n) is 48.0. The number of nitrogens with one attached hydrogen (secondary N) is 5. The van der Waals surface area contributed by atoms with Crippen LogP contribution in [0.1, 0.15) is 134 Å². The number of phenolic OH excluding ortho intramolecular Hbond substituents is 3. The number of alkyl halides is 12. The number of nitrogen functional groups attached to an aromatic ring is 1. The number of aromatic hydroxyl groups is 3. The summed E-state index contributed by atoms with van der Waals surface area (Å²) in [5, 5.41) is 70.0. The van der Waals surface area contributed by atoms with Crippen molar-refractivity contribution in [2.75, 3.05) is 97.8 Å². The fourth-order valence-corrected chi connectivity index (χ4v) is 23.9. The van der Waals surface area contributed by atoms with E-state index in [1.54, 1.807) is 60.1 Å². The Hall–Kier alpha value is -11.6. The van der Waals surface area contributed by atoms with Gasteiger partial charge in [-0.05, 0) is 141 Å². The van der Waals surface area contributed by atoms with Gasteiger partial charge in [0.25, 0.3) is 0 Å². The number of benzene rings is 5. The summed E-state index contributed by atoms with van der Waals surface area (Å²) in [7, 11) is 0. The van der Waals surface area contributed by atoms with Crippen LogP contribution in [-0.4, -0.2) is 220 Å². The quantitative estimate of drug-likeness (QED) is 0.0168. The second-order valence-corrected chi connectivity index (χ2v) is 42.2. The van der Waals surface area contributed by atoms with E-state index in [9.17, 15) is 78.2 Å². The fraction of sp³-hybridized carbons (Fsp3) is 0.412. The predicted molar refractivity (Wildman–Crippen MR) is 549 cm³/mol. The number of piperidine rings is 5. The van der Waals surface area contributed by atoms with Crippen LogP contribution in [0.4, 0.5) is 87.5 Å². The molecule has 5 aliphatic rings. The van der Waals surface area contributed by atoms with Crippen LogP contribution < -0.4 is 32.3 Å². The average molecular weight is 2100 g/mol. The normalized spacial score (nSPS) is 16.3. The first-order chi connectivity index (χ1) is 69.7. The first-order valence-corrected chi connectivity index (χ1v) is 52.1. The number of aromatic nitrogens is 10. The van der Waals surface area contributed by atoms with Crippen LogP contribution in [0.25, 0.3) is 51.1 Å².